The SMILES string of the molecule is CN=C(NCCNS(=O)(=O)c1ccccc1)N1CCC(=Cc2ccccc2)CC1. The Morgan fingerprint density at radius 2 is 1.62 bits per heavy atom. The van der Waals surface area contributed by atoms with Gasteiger partial charge in [0, 0.05) is 33.2 Å². The molecule has 1 saturated heterocycles. The summed E-state index contributed by atoms with van der Waals surface area (Å²) in [4.78, 5) is 6.84. The zero-order valence-corrected chi connectivity index (χ0v) is 17.5. The molecule has 7 heteroatoms. The first-order valence-corrected chi connectivity index (χ1v) is 11.3. The van der Waals surface area contributed by atoms with E-state index in [1.807, 2.05) is 6.07 Å². The van der Waals surface area contributed by atoms with E-state index in [0.29, 0.717) is 13.1 Å². The van der Waals surface area contributed by atoms with Crippen LogP contribution >= 0.6 is 0 Å². The number of likely N-dealkylation sites (tertiary alicyclic amines) is 1. The average Bonchev–Trinajstić information content (AvgIpc) is 2.76. The Kier molecular flexibility index (Phi) is 7.43. The average molecular weight is 413 g/mol. The molecule has 154 valence electrons. The van der Waals surface area contributed by atoms with E-state index < -0.39 is 10.0 Å². The summed E-state index contributed by atoms with van der Waals surface area (Å²) in [6.07, 6.45) is 4.26. The molecule has 3 rings (SSSR count). The van der Waals surface area contributed by atoms with Crippen molar-refractivity contribution in [3.8, 4) is 0 Å². The summed E-state index contributed by atoms with van der Waals surface area (Å²) < 4.78 is 27.1. The monoisotopic (exact) mass is 412 g/mol. The van der Waals surface area contributed by atoms with Gasteiger partial charge in [0.15, 0.2) is 5.96 Å². The molecule has 0 unspecified atom stereocenters. The summed E-state index contributed by atoms with van der Waals surface area (Å²) in [6, 6.07) is 18.8. The largest absolute Gasteiger partial charge is 0.355 e. The van der Waals surface area contributed by atoms with Crippen LogP contribution in [-0.4, -0.2) is 52.5 Å². The molecule has 0 spiro atoms. The second kappa shape index (κ2) is 10.2. The van der Waals surface area contributed by atoms with Crippen LogP contribution in [0, 0.1) is 0 Å². The summed E-state index contributed by atoms with van der Waals surface area (Å²) in [5, 5.41) is 3.26. The maximum Gasteiger partial charge on any atom is 0.240 e. The number of hydrogen-bond acceptors (Lipinski definition) is 3. The van der Waals surface area contributed by atoms with Gasteiger partial charge in [-0.25, -0.2) is 13.1 Å². The lowest BCUT2D eigenvalue weighted by Gasteiger charge is -2.31. The Bertz CT molecular complexity index is 931. The van der Waals surface area contributed by atoms with Gasteiger partial charge in [0.05, 0.1) is 4.90 Å². The third kappa shape index (κ3) is 6.17. The highest BCUT2D eigenvalue weighted by Crippen LogP contribution is 2.19. The quantitative estimate of drug-likeness (QED) is 0.435. The van der Waals surface area contributed by atoms with Crippen molar-refractivity contribution in [2.45, 2.75) is 17.7 Å². The standard InChI is InChI=1S/C22H28N4O2S/c1-23-22(24-14-15-25-29(27,28)21-10-6-3-7-11-21)26-16-12-20(13-17-26)18-19-8-4-2-5-9-19/h2-11,18,25H,12-17H2,1H3,(H,23,24). The van der Waals surface area contributed by atoms with Crippen molar-refractivity contribution in [3.05, 3.63) is 71.8 Å². The van der Waals surface area contributed by atoms with E-state index in [1.165, 1.54) is 11.1 Å². The molecule has 29 heavy (non-hydrogen) atoms. The fourth-order valence-electron chi connectivity index (χ4n) is 3.31. The Hall–Kier alpha value is -2.64. The number of aliphatic imine (C=N–C) groups is 1. The fourth-order valence-corrected chi connectivity index (χ4v) is 4.36. The molecule has 2 aromatic rings. The lowest BCUT2D eigenvalue weighted by Crippen LogP contribution is -2.46. The van der Waals surface area contributed by atoms with Gasteiger partial charge in [-0.15, -0.1) is 0 Å². The number of sulfonamides is 1. The Morgan fingerprint density at radius 1 is 1.00 bits per heavy atom. The summed E-state index contributed by atoms with van der Waals surface area (Å²) >= 11 is 0. The van der Waals surface area contributed by atoms with Crippen LogP contribution in [0.2, 0.25) is 0 Å². The van der Waals surface area contributed by atoms with Gasteiger partial charge >= 0.3 is 0 Å². The lowest BCUT2D eigenvalue weighted by atomic mass is 10.0. The summed E-state index contributed by atoms with van der Waals surface area (Å²) in [5.41, 5.74) is 2.68. The lowest BCUT2D eigenvalue weighted by molar-refractivity contribution is 0.376. The predicted octanol–water partition coefficient (Wildman–Crippen LogP) is 2.72. The van der Waals surface area contributed by atoms with Crippen molar-refractivity contribution in [1.82, 2.24) is 14.9 Å². The number of piperidine rings is 1. The zero-order valence-electron chi connectivity index (χ0n) is 16.7. The highest BCUT2D eigenvalue weighted by atomic mass is 32.2. The maximum absolute atomic E-state index is 12.2. The minimum Gasteiger partial charge on any atom is -0.355 e. The number of hydrogen-bond donors (Lipinski definition) is 2. The second-order valence-electron chi connectivity index (χ2n) is 6.89. The van der Waals surface area contributed by atoms with Gasteiger partial charge in [-0.2, -0.15) is 0 Å². The highest BCUT2D eigenvalue weighted by molar-refractivity contribution is 7.89. The Morgan fingerprint density at radius 3 is 2.24 bits per heavy atom. The molecule has 0 bridgehead atoms. The van der Waals surface area contributed by atoms with Crippen molar-refractivity contribution < 1.29 is 8.42 Å². The van der Waals surface area contributed by atoms with Crippen molar-refractivity contribution >= 4 is 22.1 Å². The van der Waals surface area contributed by atoms with Gasteiger partial charge in [-0.1, -0.05) is 60.2 Å². The van der Waals surface area contributed by atoms with Crippen LogP contribution in [0.15, 0.2) is 76.1 Å². The first-order valence-electron chi connectivity index (χ1n) is 9.83. The molecule has 2 N–H and O–H groups in total. The second-order valence-corrected chi connectivity index (χ2v) is 8.65. The molecular formula is C22H28N4O2S. The highest BCUT2D eigenvalue weighted by Gasteiger charge is 2.17. The first kappa shape index (κ1) is 21.1. The third-order valence-electron chi connectivity index (χ3n) is 4.84. The molecule has 1 fully saturated rings. The molecule has 0 saturated carbocycles. The van der Waals surface area contributed by atoms with Crippen molar-refractivity contribution in [2.75, 3.05) is 33.2 Å². The number of rotatable bonds is 6. The van der Waals surface area contributed by atoms with Crippen LogP contribution in [-0.2, 0) is 10.0 Å². The topological polar surface area (TPSA) is 73.8 Å². The van der Waals surface area contributed by atoms with Gasteiger partial charge in [0.25, 0.3) is 0 Å². The predicted molar refractivity (Wildman–Crippen MR) is 118 cm³/mol. The molecule has 1 heterocycles. The first-order chi connectivity index (χ1) is 14.1. The number of nitrogens with zero attached hydrogens (tertiary/aromatic N) is 2. The number of guanidine groups is 1. The zero-order chi connectivity index (χ0) is 20.5. The van der Waals surface area contributed by atoms with E-state index in [4.69, 9.17) is 0 Å². The van der Waals surface area contributed by atoms with Crippen molar-refractivity contribution in [3.63, 3.8) is 0 Å². The number of benzene rings is 2. The molecule has 1 aliphatic heterocycles. The van der Waals surface area contributed by atoms with E-state index in [2.05, 4.69) is 50.3 Å². The van der Waals surface area contributed by atoms with Crippen LogP contribution in [0.4, 0.5) is 0 Å². The Balaban J connectivity index is 1.45. The molecule has 6 nitrogen and oxygen atoms in total. The maximum atomic E-state index is 12.2. The van der Waals surface area contributed by atoms with E-state index in [-0.39, 0.29) is 4.90 Å². The molecular weight excluding hydrogens is 384 g/mol. The van der Waals surface area contributed by atoms with Gasteiger partial charge < -0.3 is 10.2 Å². The molecule has 0 radical (unpaired) electrons. The fraction of sp³-hybridized carbons (Fsp3) is 0.318. The smallest absolute Gasteiger partial charge is 0.240 e. The van der Waals surface area contributed by atoms with E-state index in [9.17, 15) is 8.42 Å². The third-order valence-corrected chi connectivity index (χ3v) is 6.32. The van der Waals surface area contributed by atoms with Gasteiger partial charge in [0.1, 0.15) is 0 Å². The minimum absolute atomic E-state index is 0.276. The van der Waals surface area contributed by atoms with Crippen molar-refractivity contribution in [1.29, 1.82) is 0 Å². The van der Waals surface area contributed by atoms with Crippen LogP contribution in [0.1, 0.15) is 18.4 Å². The molecule has 0 aromatic heterocycles. The van der Waals surface area contributed by atoms with Gasteiger partial charge in [0.2, 0.25) is 10.0 Å². The van der Waals surface area contributed by atoms with E-state index in [1.54, 1.807) is 37.4 Å². The summed E-state index contributed by atoms with van der Waals surface area (Å²) in [6.45, 7) is 2.56. The van der Waals surface area contributed by atoms with Crippen molar-refractivity contribution in [2.24, 2.45) is 4.99 Å². The normalized spacial score (nSPS) is 15.3. The Labute approximate surface area is 173 Å². The molecule has 0 amide bonds. The summed E-state index contributed by atoms with van der Waals surface area (Å²) in [7, 11) is -1.72. The van der Waals surface area contributed by atoms with Crippen LogP contribution in [0.3, 0.4) is 0 Å². The van der Waals surface area contributed by atoms with E-state index in [0.717, 1.165) is 31.9 Å². The van der Waals surface area contributed by atoms with Crippen LogP contribution in [0.25, 0.3) is 6.08 Å². The molecule has 0 aliphatic carbocycles. The van der Waals surface area contributed by atoms with E-state index >= 15 is 0 Å². The number of nitrogens with one attached hydrogen (secondary N) is 2. The summed E-state index contributed by atoms with van der Waals surface area (Å²) in [5.74, 6) is 0.808. The van der Waals surface area contributed by atoms with Gasteiger partial charge in [-0.05, 0) is 30.5 Å². The molecule has 2 aromatic carbocycles. The van der Waals surface area contributed by atoms with Crippen LogP contribution < -0.4 is 10.0 Å². The molecule has 0 atom stereocenters. The van der Waals surface area contributed by atoms with Gasteiger partial charge in [-0.3, -0.25) is 4.99 Å². The van der Waals surface area contributed by atoms with Crippen LogP contribution in [0.5, 0.6) is 0 Å². The molecule has 1 aliphatic rings. The minimum atomic E-state index is -3.48.